The van der Waals surface area contributed by atoms with Crippen LogP contribution in [-0.4, -0.2) is 95.7 Å². The molecule has 8 nitrogen and oxygen atoms in total. The van der Waals surface area contributed by atoms with Crippen molar-refractivity contribution < 1.29 is 27.6 Å². The number of anilines is 1. The molecule has 2 aliphatic rings. The summed E-state index contributed by atoms with van der Waals surface area (Å²) in [5.74, 6) is -0.499. The smallest absolute Gasteiger partial charge is 0.368 e. The molecule has 1 atom stereocenters. The summed E-state index contributed by atoms with van der Waals surface area (Å²) in [6, 6.07) is 31.5. The molecule has 1 unspecified atom stereocenters. The van der Waals surface area contributed by atoms with Crippen molar-refractivity contribution >= 4 is 29.5 Å². The van der Waals surface area contributed by atoms with Crippen LogP contribution in [0.3, 0.4) is 0 Å². The first-order valence-electron chi connectivity index (χ1n) is 18.4. The molecule has 0 aromatic heterocycles. The fourth-order valence-electron chi connectivity index (χ4n) is 7.02. The Balaban J connectivity index is 1.25. The van der Waals surface area contributed by atoms with Crippen LogP contribution in [0.2, 0.25) is 0 Å². The van der Waals surface area contributed by atoms with E-state index < -0.39 is 23.7 Å². The number of hydrogen-bond acceptors (Lipinski definition) is 5. The summed E-state index contributed by atoms with van der Waals surface area (Å²) in [7, 11) is 0. The predicted molar refractivity (Wildman–Crippen MR) is 204 cm³/mol. The minimum Gasteiger partial charge on any atom is -0.368 e. The van der Waals surface area contributed by atoms with Gasteiger partial charge >= 0.3 is 6.18 Å². The van der Waals surface area contributed by atoms with E-state index in [0.29, 0.717) is 64.3 Å². The zero-order chi connectivity index (χ0) is 38.1. The molecule has 0 aliphatic carbocycles. The number of rotatable bonds is 11. The van der Waals surface area contributed by atoms with Gasteiger partial charge in [-0.05, 0) is 52.6 Å². The Kier molecular flexibility index (Phi) is 12.5. The first-order chi connectivity index (χ1) is 26.0. The highest BCUT2D eigenvalue weighted by Gasteiger charge is 2.34. The maximum absolute atomic E-state index is 14.6. The van der Waals surface area contributed by atoms with Crippen LogP contribution in [0.25, 0.3) is 6.08 Å². The minimum absolute atomic E-state index is 0.0656. The zero-order valence-electron chi connectivity index (χ0n) is 30.5. The summed E-state index contributed by atoms with van der Waals surface area (Å²) in [6.07, 6.45) is -1.34. The molecule has 282 valence electrons. The Morgan fingerprint density at radius 2 is 1.26 bits per heavy atom. The van der Waals surface area contributed by atoms with Gasteiger partial charge in [-0.1, -0.05) is 84.9 Å². The van der Waals surface area contributed by atoms with Gasteiger partial charge in [0.1, 0.15) is 6.04 Å². The molecule has 2 aliphatic heterocycles. The highest BCUT2D eigenvalue weighted by Crippen LogP contribution is 2.29. The maximum Gasteiger partial charge on any atom is 0.416 e. The number of carbonyl (C=O) groups excluding carboxylic acids is 3. The lowest BCUT2D eigenvalue weighted by molar-refractivity contribution is -0.145. The van der Waals surface area contributed by atoms with Crippen LogP contribution in [0.4, 0.5) is 18.9 Å². The van der Waals surface area contributed by atoms with Crippen molar-refractivity contribution in [3.63, 3.8) is 0 Å². The lowest BCUT2D eigenvalue weighted by Gasteiger charge is -2.39. The second kappa shape index (κ2) is 17.6. The molecule has 0 N–H and O–H groups in total. The average Bonchev–Trinajstić information content (AvgIpc) is 3.19. The van der Waals surface area contributed by atoms with Crippen molar-refractivity contribution in [2.24, 2.45) is 0 Å². The van der Waals surface area contributed by atoms with Crippen molar-refractivity contribution in [1.29, 1.82) is 0 Å². The first kappa shape index (κ1) is 38.3. The van der Waals surface area contributed by atoms with Crippen LogP contribution in [-0.2, 0) is 40.1 Å². The van der Waals surface area contributed by atoms with E-state index in [4.69, 9.17) is 0 Å². The number of benzene rings is 4. The largest absolute Gasteiger partial charge is 0.416 e. The van der Waals surface area contributed by atoms with E-state index >= 15 is 0 Å². The van der Waals surface area contributed by atoms with Crippen LogP contribution >= 0.6 is 0 Å². The second-order valence-electron chi connectivity index (χ2n) is 13.9. The number of amides is 3. The molecule has 0 radical (unpaired) electrons. The van der Waals surface area contributed by atoms with Crippen molar-refractivity contribution in [2.75, 3.05) is 57.3 Å². The van der Waals surface area contributed by atoms with E-state index in [2.05, 4.69) is 21.9 Å². The summed E-state index contributed by atoms with van der Waals surface area (Å²) < 4.78 is 39.6. The van der Waals surface area contributed by atoms with Crippen molar-refractivity contribution in [2.45, 2.75) is 38.7 Å². The van der Waals surface area contributed by atoms with Gasteiger partial charge in [0.05, 0.1) is 5.56 Å². The Morgan fingerprint density at radius 1 is 0.685 bits per heavy atom. The molecule has 0 saturated carbocycles. The summed E-state index contributed by atoms with van der Waals surface area (Å²) >= 11 is 0. The van der Waals surface area contributed by atoms with Gasteiger partial charge in [0.25, 0.3) is 0 Å². The van der Waals surface area contributed by atoms with Gasteiger partial charge in [-0.2, -0.15) is 13.2 Å². The molecule has 4 aromatic carbocycles. The highest BCUT2D eigenvalue weighted by molar-refractivity contribution is 5.96. The molecular formula is C43H46F3N5O3. The normalized spacial score (nSPS) is 16.0. The van der Waals surface area contributed by atoms with Gasteiger partial charge in [-0.25, -0.2) is 0 Å². The number of nitrogens with zero attached hydrogens (tertiary/aromatic N) is 5. The van der Waals surface area contributed by atoms with E-state index in [1.54, 1.807) is 11.8 Å². The average molecular weight is 738 g/mol. The minimum atomic E-state index is -4.47. The highest BCUT2D eigenvalue weighted by atomic mass is 19.4. The van der Waals surface area contributed by atoms with Gasteiger partial charge in [-0.3, -0.25) is 19.3 Å². The van der Waals surface area contributed by atoms with Crippen molar-refractivity contribution in [3.05, 3.63) is 143 Å². The number of carbonyl (C=O) groups is 3. The third-order valence-corrected chi connectivity index (χ3v) is 10.2. The summed E-state index contributed by atoms with van der Waals surface area (Å²) in [5, 5.41) is 0. The molecule has 0 bridgehead atoms. The molecule has 3 amide bonds. The molecule has 54 heavy (non-hydrogen) atoms. The molecule has 6 rings (SSSR count). The zero-order valence-corrected chi connectivity index (χ0v) is 30.5. The molecule has 4 aromatic rings. The third kappa shape index (κ3) is 10.2. The monoisotopic (exact) mass is 737 g/mol. The quantitative estimate of drug-likeness (QED) is 0.168. The van der Waals surface area contributed by atoms with Crippen molar-refractivity contribution in [3.8, 4) is 0 Å². The van der Waals surface area contributed by atoms with Gasteiger partial charge < -0.3 is 19.6 Å². The van der Waals surface area contributed by atoms with Crippen LogP contribution in [0.5, 0.6) is 0 Å². The van der Waals surface area contributed by atoms with Crippen LogP contribution in [0.1, 0.15) is 34.7 Å². The molecular weight excluding hydrogens is 691 g/mol. The summed E-state index contributed by atoms with van der Waals surface area (Å²) in [4.78, 5) is 50.5. The Labute approximate surface area is 315 Å². The Bertz CT molecular complexity index is 1870. The Hall–Kier alpha value is -5.42. The van der Waals surface area contributed by atoms with Gasteiger partial charge in [0.2, 0.25) is 17.7 Å². The van der Waals surface area contributed by atoms with Crippen LogP contribution in [0, 0.1) is 0 Å². The van der Waals surface area contributed by atoms with Crippen molar-refractivity contribution in [1.82, 2.24) is 19.6 Å². The lowest BCUT2D eigenvalue weighted by atomic mass is 10.0. The second-order valence-corrected chi connectivity index (χ2v) is 13.9. The third-order valence-electron chi connectivity index (χ3n) is 10.2. The lowest BCUT2D eigenvalue weighted by Crippen LogP contribution is -2.56. The van der Waals surface area contributed by atoms with E-state index in [1.807, 2.05) is 82.6 Å². The summed E-state index contributed by atoms with van der Waals surface area (Å²) in [6.45, 7) is 7.67. The molecule has 11 heteroatoms. The number of halogens is 3. The number of hydrogen-bond donors (Lipinski definition) is 0. The van der Waals surface area contributed by atoms with E-state index in [9.17, 15) is 27.6 Å². The molecule has 2 fully saturated rings. The number of piperazine rings is 2. The van der Waals surface area contributed by atoms with Gasteiger partial charge in [0, 0.05) is 90.6 Å². The maximum atomic E-state index is 14.6. The topological polar surface area (TPSA) is 67.4 Å². The van der Waals surface area contributed by atoms with E-state index in [1.165, 1.54) is 29.8 Å². The van der Waals surface area contributed by atoms with Gasteiger partial charge in [-0.15, -0.1) is 0 Å². The fraction of sp³-hybridized carbons (Fsp3) is 0.326. The Morgan fingerprint density at radius 3 is 1.83 bits per heavy atom. The van der Waals surface area contributed by atoms with Crippen LogP contribution in [0.15, 0.2) is 115 Å². The predicted octanol–water partition coefficient (Wildman–Crippen LogP) is 6.37. The molecule has 0 spiro atoms. The van der Waals surface area contributed by atoms with E-state index in [0.717, 1.165) is 35.5 Å². The summed E-state index contributed by atoms with van der Waals surface area (Å²) in [5.41, 5.74) is 3.62. The molecule has 2 saturated heterocycles. The SMILES string of the molecule is CC(=O)N1CCN(c2ccc(CN(C(=O)C=Cc3ccc(C(F)(F)F)cc3)C(Cc3ccccc3)C(=O)N3CCN(Cc4ccccc4)CC3)cc2)CC1. The number of alkyl halides is 3. The standard InChI is InChI=1S/C43H46F3N5O3/c1-33(52)48-26-28-49(29-27-48)39-19-14-37(15-20-39)32-51(41(53)21-16-34-12-17-38(18-13-34)43(44,45)46)40(30-35-8-4-2-5-9-35)42(54)50-24-22-47(23-25-50)31-36-10-6-3-7-11-36/h2-21,40H,22-32H2,1H3. The van der Waals surface area contributed by atoms with Gasteiger partial charge in [0.15, 0.2) is 0 Å². The fourth-order valence-corrected chi connectivity index (χ4v) is 7.02. The first-order valence-corrected chi connectivity index (χ1v) is 18.4. The van der Waals surface area contributed by atoms with E-state index in [-0.39, 0.29) is 18.4 Å². The van der Waals surface area contributed by atoms with Crippen LogP contribution < -0.4 is 4.90 Å². The molecule has 2 heterocycles.